The van der Waals surface area contributed by atoms with Crippen LogP contribution in [-0.4, -0.2) is 12.6 Å². The topological polar surface area (TPSA) is 50.1 Å². The molecule has 0 fully saturated rings. The lowest BCUT2D eigenvalue weighted by molar-refractivity contribution is -0.142. The molecule has 0 unspecified atom stereocenters. The van der Waals surface area contributed by atoms with E-state index in [4.69, 9.17) is 10.00 Å². The highest BCUT2D eigenvalue weighted by atomic mass is 79.9. The minimum atomic E-state index is -2.73. The SMILES string of the molecule is CCOC(=O)Cc1cc(C#N)c(C(F)F)cc1Br. The largest absolute Gasteiger partial charge is 0.466 e. The summed E-state index contributed by atoms with van der Waals surface area (Å²) in [7, 11) is 0. The molecule has 0 aliphatic heterocycles. The fourth-order valence-electron chi connectivity index (χ4n) is 1.41. The summed E-state index contributed by atoms with van der Waals surface area (Å²) >= 11 is 3.11. The molecule has 0 bridgehead atoms. The lowest BCUT2D eigenvalue weighted by Gasteiger charge is -2.09. The molecule has 96 valence electrons. The summed E-state index contributed by atoms with van der Waals surface area (Å²) in [6, 6.07) is 4.14. The van der Waals surface area contributed by atoms with Crippen molar-refractivity contribution in [2.45, 2.75) is 19.8 Å². The van der Waals surface area contributed by atoms with Crippen molar-refractivity contribution in [3.8, 4) is 6.07 Å². The molecule has 0 N–H and O–H groups in total. The molecular weight excluding hydrogens is 308 g/mol. The molecule has 0 amide bonds. The maximum atomic E-state index is 12.6. The molecule has 6 heteroatoms. The van der Waals surface area contributed by atoms with E-state index >= 15 is 0 Å². The molecule has 0 saturated carbocycles. The zero-order valence-electron chi connectivity index (χ0n) is 9.54. The van der Waals surface area contributed by atoms with Gasteiger partial charge in [-0.05, 0) is 24.6 Å². The molecule has 0 aliphatic rings. The lowest BCUT2D eigenvalue weighted by Crippen LogP contribution is -2.08. The molecule has 1 aromatic carbocycles. The maximum Gasteiger partial charge on any atom is 0.310 e. The Hall–Kier alpha value is -1.48. The van der Waals surface area contributed by atoms with Crippen LogP contribution >= 0.6 is 15.9 Å². The van der Waals surface area contributed by atoms with Crippen molar-refractivity contribution in [2.75, 3.05) is 6.61 Å². The first-order valence-electron chi connectivity index (χ1n) is 5.15. The van der Waals surface area contributed by atoms with Crippen molar-refractivity contribution < 1.29 is 18.3 Å². The van der Waals surface area contributed by atoms with E-state index in [1.54, 1.807) is 13.0 Å². The van der Waals surface area contributed by atoms with Crippen molar-refractivity contribution in [1.29, 1.82) is 5.26 Å². The van der Waals surface area contributed by atoms with Gasteiger partial charge in [0.05, 0.1) is 24.7 Å². The van der Waals surface area contributed by atoms with E-state index in [2.05, 4.69) is 15.9 Å². The molecular formula is C12H10BrF2NO2. The van der Waals surface area contributed by atoms with Crippen LogP contribution in [0.4, 0.5) is 8.78 Å². The number of carbonyl (C=O) groups is 1. The van der Waals surface area contributed by atoms with Crippen LogP contribution in [0.5, 0.6) is 0 Å². The average molecular weight is 318 g/mol. The minimum Gasteiger partial charge on any atom is -0.466 e. The second kappa shape index (κ2) is 6.45. The number of rotatable bonds is 4. The first-order valence-corrected chi connectivity index (χ1v) is 5.95. The Morgan fingerprint density at radius 2 is 2.22 bits per heavy atom. The molecule has 18 heavy (non-hydrogen) atoms. The first-order chi connectivity index (χ1) is 8.49. The molecule has 0 aromatic heterocycles. The molecule has 1 rings (SSSR count). The van der Waals surface area contributed by atoms with Gasteiger partial charge in [0.2, 0.25) is 0 Å². The number of hydrogen-bond acceptors (Lipinski definition) is 3. The van der Waals surface area contributed by atoms with Gasteiger partial charge in [-0.2, -0.15) is 5.26 Å². The Bertz CT molecular complexity index is 498. The number of nitrogens with zero attached hydrogens (tertiary/aromatic N) is 1. The van der Waals surface area contributed by atoms with E-state index < -0.39 is 12.4 Å². The standard InChI is InChI=1S/C12H10BrF2NO2/c1-2-18-11(17)4-7-3-8(6-16)9(12(14)15)5-10(7)13/h3,5,12H,2,4H2,1H3. The number of ether oxygens (including phenoxy) is 1. The third kappa shape index (κ3) is 3.50. The summed E-state index contributed by atoms with van der Waals surface area (Å²) < 4.78 is 30.4. The van der Waals surface area contributed by atoms with Crippen molar-refractivity contribution in [1.82, 2.24) is 0 Å². The molecule has 0 spiro atoms. The van der Waals surface area contributed by atoms with Crippen LogP contribution in [0.15, 0.2) is 16.6 Å². The number of hydrogen-bond donors (Lipinski definition) is 0. The summed E-state index contributed by atoms with van der Waals surface area (Å²) in [4.78, 5) is 11.3. The zero-order chi connectivity index (χ0) is 13.7. The van der Waals surface area contributed by atoms with Gasteiger partial charge in [-0.1, -0.05) is 15.9 Å². The zero-order valence-corrected chi connectivity index (χ0v) is 11.1. The van der Waals surface area contributed by atoms with Crippen molar-refractivity contribution in [3.63, 3.8) is 0 Å². The minimum absolute atomic E-state index is 0.0629. The molecule has 0 saturated heterocycles. The molecule has 1 aromatic rings. The third-order valence-electron chi connectivity index (χ3n) is 2.21. The van der Waals surface area contributed by atoms with Crippen molar-refractivity contribution in [3.05, 3.63) is 33.3 Å². The predicted molar refractivity (Wildman–Crippen MR) is 64.2 cm³/mol. The average Bonchev–Trinajstić information content (AvgIpc) is 2.31. The first kappa shape index (κ1) is 14.6. The normalized spacial score (nSPS) is 10.2. The van der Waals surface area contributed by atoms with Gasteiger partial charge in [-0.15, -0.1) is 0 Å². The molecule has 3 nitrogen and oxygen atoms in total. The van der Waals surface area contributed by atoms with Crippen molar-refractivity contribution >= 4 is 21.9 Å². The Morgan fingerprint density at radius 3 is 2.72 bits per heavy atom. The maximum absolute atomic E-state index is 12.6. The molecule has 0 atom stereocenters. The highest BCUT2D eigenvalue weighted by Crippen LogP contribution is 2.29. The Kier molecular flexibility index (Phi) is 5.23. The Balaban J connectivity index is 3.09. The smallest absolute Gasteiger partial charge is 0.310 e. The van der Waals surface area contributed by atoms with Crippen molar-refractivity contribution in [2.24, 2.45) is 0 Å². The second-order valence-electron chi connectivity index (χ2n) is 3.43. The van der Waals surface area contributed by atoms with Crippen LogP contribution in [0.3, 0.4) is 0 Å². The van der Waals surface area contributed by atoms with Crippen LogP contribution in [0.2, 0.25) is 0 Å². The van der Waals surface area contributed by atoms with E-state index in [0.717, 1.165) is 6.07 Å². The van der Waals surface area contributed by atoms with E-state index in [0.29, 0.717) is 10.0 Å². The van der Waals surface area contributed by atoms with Gasteiger partial charge >= 0.3 is 5.97 Å². The number of nitriles is 1. The van der Waals surface area contributed by atoms with E-state index in [1.165, 1.54) is 6.07 Å². The Morgan fingerprint density at radius 1 is 1.56 bits per heavy atom. The molecule has 0 aliphatic carbocycles. The van der Waals surface area contributed by atoms with E-state index in [9.17, 15) is 13.6 Å². The van der Waals surface area contributed by atoms with Gasteiger partial charge in [0.25, 0.3) is 6.43 Å². The fraction of sp³-hybridized carbons (Fsp3) is 0.333. The van der Waals surface area contributed by atoms with E-state index in [1.807, 2.05) is 0 Å². The predicted octanol–water partition coefficient (Wildman–Crippen LogP) is 3.36. The monoisotopic (exact) mass is 317 g/mol. The molecule has 0 radical (unpaired) electrons. The van der Waals surface area contributed by atoms with Gasteiger partial charge in [0.1, 0.15) is 0 Å². The fourth-order valence-corrected chi connectivity index (χ4v) is 1.92. The molecule has 0 heterocycles. The van der Waals surface area contributed by atoms with Crippen LogP contribution in [0.25, 0.3) is 0 Å². The highest BCUT2D eigenvalue weighted by Gasteiger charge is 2.17. The number of alkyl halides is 2. The third-order valence-corrected chi connectivity index (χ3v) is 2.95. The van der Waals surface area contributed by atoms with Gasteiger partial charge in [0, 0.05) is 10.0 Å². The number of halogens is 3. The summed E-state index contributed by atoms with van der Waals surface area (Å²) in [5, 5.41) is 8.81. The number of carbonyl (C=O) groups excluding carboxylic acids is 1. The van der Waals surface area contributed by atoms with Crippen LogP contribution in [0, 0.1) is 11.3 Å². The Labute approximate surface area is 111 Å². The number of benzene rings is 1. The van der Waals surface area contributed by atoms with Gasteiger partial charge in [0.15, 0.2) is 0 Å². The van der Waals surface area contributed by atoms with Gasteiger partial charge in [-0.3, -0.25) is 4.79 Å². The summed E-state index contributed by atoms with van der Waals surface area (Å²) in [6.45, 7) is 1.92. The summed E-state index contributed by atoms with van der Waals surface area (Å²) in [6.07, 6.45) is -2.79. The van der Waals surface area contributed by atoms with Gasteiger partial charge in [-0.25, -0.2) is 8.78 Å². The summed E-state index contributed by atoms with van der Waals surface area (Å²) in [5.74, 6) is -0.466. The highest BCUT2D eigenvalue weighted by molar-refractivity contribution is 9.10. The quantitative estimate of drug-likeness (QED) is 0.800. The van der Waals surface area contributed by atoms with Crippen LogP contribution in [0.1, 0.15) is 30.0 Å². The van der Waals surface area contributed by atoms with E-state index in [-0.39, 0.29) is 24.2 Å². The van der Waals surface area contributed by atoms with Crippen LogP contribution in [-0.2, 0) is 16.0 Å². The second-order valence-corrected chi connectivity index (χ2v) is 4.28. The number of esters is 1. The van der Waals surface area contributed by atoms with Crippen LogP contribution < -0.4 is 0 Å². The van der Waals surface area contributed by atoms with Gasteiger partial charge < -0.3 is 4.74 Å². The summed E-state index contributed by atoms with van der Waals surface area (Å²) in [5.41, 5.74) is -0.0288. The lowest BCUT2D eigenvalue weighted by atomic mass is 10.0.